The third-order valence-electron chi connectivity index (χ3n) is 5.39. The molecule has 1 amide bonds. The first-order valence-corrected chi connectivity index (χ1v) is 9.24. The molecule has 3 rings (SSSR count). The molecule has 156 valence electrons. The Bertz CT molecular complexity index is 977. The number of hydrogen-bond acceptors (Lipinski definition) is 4. The summed E-state index contributed by atoms with van der Waals surface area (Å²) in [6, 6.07) is 5.46. The van der Waals surface area contributed by atoms with Gasteiger partial charge in [-0.15, -0.1) is 0 Å². The number of hydrogen-bond donors (Lipinski definition) is 1. The third-order valence-corrected chi connectivity index (χ3v) is 5.39. The number of carbonyl (C=O) groups is 1. The monoisotopic (exact) mass is 409 g/mol. The summed E-state index contributed by atoms with van der Waals surface area (Å²) in [6.45, 7) is 0.0155. The molecule has 1 aliphatic carbocycles. The van der Waals surface area contributed by atoms with Gasteiger partial charge in [0.2, 0.25) is 0 Å². The molecule has 0 atom stereocenters. The standard InChI is InChI=1S/C20H22F3N3O3/c1-25(2)18(29)16-17(28)15(27)11-26(24-16)12-19(9-5-6-10-19)13-7-3-4-8-14(13)20(21,22)23/h3-4,7-8,11,27H,5-6,9-10,12H2,1-2H3. The Labute approximate surface area is 165 Å². The molecule has 9 heteroatoms. The number of aromatic nitrogens is 2. The van der Waals surface area contributed by atoms with Crippen molar-refractivity contribution in [3.8, 4) is 5.75 Å². The molecule has 1 fully saturated rings. The highest BCUT2D eigenvalue weighted by Gasteiger charge is 2.43. The Morgan fingerprint density at radius 3 is 2.45 bits per heavy atom. The van der Waals surface area contributed by atoms with Gasteiger partial charge in [0.1, 0.15) is 0 Å². The van der Waals surface area contributed by atoms with Gasteiger partial charge >= 0.3 is 6.18 Å². The van der Waals surface area contributed by atoms with E-state index in [1.807, 2.05) is 0 Å². The summed E-state index contributed by atoms with van der Waals surface area (Å²) in [6.07, 6.45) is -0.913. The maximum absolute atomic E-state index is 13.6. The SMILES string of the molecule is CN(C)C(=O)c1nn(CC2(c3ccccc3C(F)(F)F)CCCC2)cc(O)c1=O. The Morgan fingerprint density at radius 1 is 1.24 bits per heavy atom. The quantitative estimate of drug-likeness (QED) is 0.842. The molecule has 1 saturated carbocycles. The first-order chi connectivity index (χ1) is 13.5. The molecule has 6 nitrogen and oxygen atoms in total. The van der Waals surface area contributed by atoms with E-state index in [4.69, 9.17) is 0 Å². The third kappa shape index (κ3) is 3.99. The van der Waals surface area contributed by atoms with E-state index in [0.29, 0.717) is 12.8 Å². The number of nitrogens with zero attached hydrogens (tertiary/aromatic N) is 3. The van der Waals surface area contributed by atoms with E-state index < -0.39 is 39.9 Å². The van der Waals surface area contributed by atoms with E-state index in [1.54, 1.807) is 6.07 Å². The summed E-state index contributed by atoms with van der Waals surface area (Å²) in [4.78, 5) is 25.5. The molecule has 0 aliphatic heterocycles. The zero-order valence-electron chi connectivity index (χ0n) is 16.2. The normalized spacial score (nSPS) is 16.0. The van der Waals surface area contributed by atoms with Crippen molar-refractivity contribution in [3.05, 3.63) is 57.5 Å². The number of benzene rings is 1. The lowest BCUT2D eigenvalue weighted by Crippen LogP contribution is -2.35. The fourth-order valence-electron chi connectivity index (χ4n) is 4.02. The molecule has 1 aromatic heterocycles. The topological polar surface area (TPSA) is 75.4 Å². The van der Waals surface area contributed by atoms with Gasteiger partial charge < -0.3 is 10.0 Å². The van der Waals surface area contributed by atoms with Crippen LogP contribution in [0.1, 0.15) is 47.3 Å². The molecule has 0 spiro atoms. The first-order valence-electron chi connectivity index (χ1n) is 9.24. The molecule has 0 radical (unpaired) electrons. The molecule has 0 saturated heterocycles. The smallest absolute Gasteiger partial charge is 0.416 e. The summed E-state index contributed by atoms with van der Waals surface area (Å²) in [5.41, 5.74) is -2.76. The van der Waals surface area contributed by atoms with Crippen molar-refractivity contribution >= 4 is 5.91 Å². The number of carbonyl (C=O) groups excluding carboxylic acids is 1. The second kappa shape index (κ2) is 7.53. The fraction of sp³-hybridized carbons (Fsp3) is 0.450. The van der Waals surface area contributed by atoms with Crippen molar-refractivity contribution in [1.82, 2.24) is 14.7 Å². The Kier molecular flexibility index (Phi) is 5.42. The molecular formula is C20H22F3N3O3. The maximum atomic E-state index is 13.6. The predicted molar refractivity (Wildman–Crippen MR) is 99.8 cm³/mol. The van der Waals surface area contributed by atoms with Crippen LogP contribution in [-0.2, 0) is 18.1 Å². The van der Waals surface area contributed by atoms with E-state index >= 15 is 0 Å². The molecule has 1 N–H and O–H groups in total. The number of rotatable bonds is 4. The van der Waals surface area contributed by atoms with Gasteiger partial charge in [0.25, 0.3) is 11.3 Å². The van der Waals surface area contributed by atoms with Crippen molar-refractivity contribution in [3.63, 3.8) is 0 Å². The molecule has 2 aromatic rings. The van der Waals surface area contributed by atoms with E-state index in [9.17, 15) is 27.9 Å². The molecule has 1 aliphatic rings. The second-order valence-electron chi connectivity index (χ2n) is 7.62. The van der Waals surface area contributed by atoms with Crippen molar-refractivity contribution in [2.45, 2.75) is 43.8 Å². The van der Waals surface area contributed by atoms with Crippen LogP contribution in [0.3, 0.4) is 0 Å². The van der Waals surface area contributed by atoms with E-state index in [-0.39, 0.29) is 12.1 Å². The van der Waals surface area contributed by atoms with E-state index in [1.165, 1.54) is 30.9 Å². The summed E-state index contributed by atoms with van der Waals surface area (Å²) in [5.74, 6) is -1.35. The number of alkyl halides is 3. The largest absolute Gasteiger partial charge is 0.503 e. The van der Waals surface area contributed by atoms with Gasteiger partial charge in [0.15, 0.2) is 11.4 Å². The van der Waals surface area contributed by atoms with Crippen LogP contribution in [-0.4, -0.2) is 39.8 Å². The molecule has 1 heterocycles. The lowest BCUT2D eigenvalue weighted by molar-refractivity contribution is -0.138. The highest BCUT2D eigenvalue weighted by atomic mass is 19.4. The van der Waals surface area contributed by atoms with E-state index in [2.05, 4.69) is 5.10 Å². The van der Waals surface area contributed by atoms with E-state index in [0.717, 1.165) is 30.0 Å². The average Bonchev–Trinajstić information content (AvgIpc) is 3.12. The minimum absolute atomic E-state index is 0.0155. The van der Waals surface area contributed by atoms with Crippen LogP contribution >= 0.6 is 0 Å². The van der Waals surface area contributed by atoms with Crippen LogP contribution in [0.5, 0.6) is 5.75 Å². The highest BCUT2D eigenvalue weighted by molar-refractivity contribution is 5.91. The zero-order valence-corrected chi connectivity index (χ0v) is 16.2. The molecule has 29 heavy (non-hydrogen) atoms. The summed E-state index contributed by atoms with van der Waals surface area (Å²) >= 11 is 0. The molecular weight excluding hydrogens is 387 g/mol. The van der Waals surface area contributed by atoms with Crippen LogP contribution < -0.4 is 5.43 Å². The van der Waals surface area contributed by atoms with Crippen molar-refractivity contribution < 1.29 is 23.1 Å². The van der Waals surface area contributed by atoms with Gasteiger partial charge in [-0.05, 0) is 24.5 Å². The van der Waals surface area contributed by atoms with Gasteiger partial charge in [-0.2, -0.15) is 18.3 Å². The van der Waals surface area contributed by atoms with Crippen LogP contribution in [0.25, 0.3) is 0 Å². The number of aromatic hydroxyl groups is 1. The zero-order chi connectivity index (χ0) is 21.4. The van der Waals surface area contributed by atoms with Crippen LogP contribution in [0, 0.1) is 0 Å². The predicted octanol–water partition coefficient (Wildman–Crippen LogP) is 3.18. The van der Waals surface area contributed by atoms with Crippen molar-refractivity contribution in [1.29, 1.82) is 0 Å². The van der Waals surface area contributed by atoms with Gasteiger partial charge in [-0.1, -0.05) is 31.0 Å². The van der Waals surface area contributed by atoms with Crippen molar-refractivity contribution in [2.24, 2.45) is 0 Å². The average molecular weight is 409 g/mol. The second-order valence-corrected chi connectivity index (χ2v) is 7.62. The number of halogens is 3. The maximum Gasteiger partial charge on any atom is 0.416 e. The van der Waals surface area contributed by atoms with Gasteiger partial charge in [-0.3, -0.25) is 14.3 Å². The Hall–Kier alpha value is -2.84. The summed E-state index contributed by atoms with van der Waals surface area (Å²) < 4.78 is 42.1. The highest BCUT2D eigenvalue weighted by Crippen LogP contribution is 2.47. The number of amides is 1. The molecule has 0 unspecified atom stereocenters. The molecule has 1 aromatic carbocycles. The minimum atomic E-state index is -4.50. The van der Waals surface area contributed by atoms with Crippen LogP contribution in [0.15, 0.2) is 35.3 Å². The lowest BCUT2D eigenvalue weighted by atomic mass is 9.76. The van der Waals surface area contributed by atoms with Crippen LogP contribution in [0.4, 0.5) is 13.2 Å². The van der Waals surface area contributed by atoms with Crippen LogP contribution in [0.2, 0.25) is 0 Å². The van der Waals surface area contributed by atoms with Gasteiger partial charge in [-0.25, -0.2) is 0 Å². The van der Waals surface area contributed by atoms with Crippen molar-refractivity contribution in [2.75, 3.05) is 14.1 Å². The van der Waals surface area contributed by atoms with Gasteiger partial charge in [0.05, 0.1) is 18.3 Å². The Morgan fingerprint density at radius 2 is 1.86 bits per heavy atom. The minimum Gasteiger partial charge on any atom is -0.503 e. The fourth-order valence-corrected chi connectivity index (χ4v) is 4.02. The first kappa shape index (κ1) is 20.9. The summed E-state index contributed by atoms with van der Waals surface area (Å²) in [5, 5.41) is 14.1. The van der Waals surface area contributed by atoms with Gasteiger partial charge in [0, 0.05) is 19.5 Å². The summed E-state index contributed by atoms with van der Waals surface area (Å²) in [7, 11) is 2.88. The molecule has 0 bridgehead atoms. The lowest BCUT2D eigenvalue weighted by Gasteiger charge is -2.32. The Balaban J connectivity index is 2.10.